The fourth-order valence-corrected chi connectivity index (χ4v) is 12.3. The summed E-state index contributed by atoms with van der Waals surface area (Å²) in [6.45, 7) is 4.99. The van der Waals surface area contributed by atoms with E-state index in [0.717, 1.165) is 44.9 Å². The molecule has 0 aromatic rings. The van der Waals surface area contributed by atoms with Crippen molar-refractivity contribution >= 4 is 11.9 Å². The lowest BCUT2D eigenvalue weighted by molar-refractivity contribution is -0.143. The molecule has 0 aromatic carbocycles. The van der Waals surface area contributed by atoms with E-state index in [0.29, 0.717) is 25.9 Å². The van der Waals surface area contributed by atoms with Gasteiger partial charge in [0.05, 0.1) is 25.4 Å². The van der Waals surface area contributed by atoms with E-state index in [-0.39, 0.29) is 18.5 Å². The zero-order valence-corrected chi connectivity index (χ0v) is 57.2. The largest absolute Gasteiger partial charge is 0.466 e. The van der Waals surface area contributed by atoms with Crippen LogP contribution in [0.5, 0.6) is 0 Å². The van der Waals surface area contributed by atoms with Gasteiger partial charge in [-0.3, -0.25) is 9.59 Å². The molecule has 0 aliphatic heterocycles. The summed E-state index contributed by atoms with van der Waals surface area (Å²) in [4.78, 5) is 24.6. The van der Waals surface area contributed by atoms with E-state index < -0.39 is 12.1 Å². The SMILES string of the molecule is CCCCCCCC/C=C\CCCCCCCCCC(=O)OCCCCCCCCCCCCCC/C=C\CCCCCCCCCCCCCCCCCCC(=O)NC(CO)C(O)CCCCCCCCCCCCCCCCCCCC. The molecule has 0 heterocycles. The first-order chi connectivity index (χ1) is 41.5. The number of carbonyl (C=O) groups excluding carboxylic acids is 2. The number of hydrogen-bond donors (Lipinski definition) is 3. The Bertz CT molecular complexity index is 1320. The predicted molar refractivity (Wildman–Crippen MR) is 370 cm³/mol. The number of hydrogen-bond acceptors (Lipinski definition) is 5. The lowest BCUT2D eigenvalue weighted by atomic mass is 10.0. The minimum absolute atomic E-state index is 0.0158. The lowest BCUT2D eigenvalue weighted by Gasteiger charge is -2.22. The van der Waals surface area contributed by atoms with E-state index >= 15 is 0 Å². The quantitative estimate of drug-likeness (QED) is 0.0320. The van der Waals surface area contributed by atoms with E-state index in [2.05, 4.69) is 43.5 Å². The second-order valence-corrected chi connectivity index (χ2v) is 26.7. The van der Waals surface area contributed by atoms with Gasteiger partial charge in [0, 0.05) is 12.8 Å². The number of nitrogens with one attached hydrogen (secondary N) is 1. The van der Waals surface area contributed by atoms with Crippen LogP contribution >= 0.6 is 0 Å². The molecule has 0 saturated carbocycles. The van der Waals surface area contributed by atoms with Gasteiger partial charge in [-0.25, -0.2) is 0 Å². The predicted octanol–water partition coefficient (Wildman–Crippen LogP) is 25.3. The number of unbranched alkanes of at least 4 members (excludes halogenated alkanes) is 58. The van der Waals surface area contributed by atoms with Crippen LogP contribution in [-0.4, -0.2) is 47.4 Å². The zero-order chi connectivity index (χ0) is 60.6. The van der Waals surface area contributed by atoms with Gasteiger partial charge in [0.25, 0.3) is 0 Å². The van der Waals surface area contributed by atoms with E-state index in [1.807, 2.05) is 0 Å². The van der Waals surface area contributed by atoms with E-state index in [9.17, 15) is 19.8 Å². The third-order valence-electron chi connectivity index (χ3n) is 18.2. The van der Waals surface area contributed by atoms with Crippen LogP contribution in [0.1, 0.15) is 438 Å². The molecule has 3 N–H and O–H groups in total. The van der Waals surface area contributed by atoms with Gasteiger partial charge in [-0.05, 0) is 77.0 Å². The number of aliphatic hydroxyl groups is 2. The smallest absolute Gasteiger partial charge is 0.305 e. The molecule has 0 rings (SSSR count). The highest BCUT2D eigenvalue weighted by molar-refractivity contribution is 5.76. The molecule has 1 amide bonds. The van der Waals surface area contributed by atoms with Crippen molar-refractivity contribution in [2.24, 2.45) is 0 Å². The summed E-state index contributed by atoms with van der Waals surface area (Å²) in [6, 6.07) is -0.540. The molecule has 0 aliphatic rings. The van der Waals surface area contributed by atoms with Crippen molar-refractivity contribution in [3.8, 4) is 0 Å². The molecule has 0 fully saturated rings. The first-order valence-corrected chi connectivity index (χ1v) is 38.6. The van der Waals surface area contributed by atoms with E-state index in [1.165, 1.54) is 360 Å². The Morgan fingerprint density at radius 2 is 0.560 bits per heavy atom. The molecule has 6 heteroatoms. The summed E-state index contributed by atoms with van der Waals surface area (Å²) >= 11 is 0. The molecule has 2 atom stereocenters. The number of rotatable bonds is 73. The number of carbonyl (C=O) groups is 2. The van der Waals surface area contributed by atoms with Gasteiger partial charge in [-0.2, -0.15) is 0 Å². The Balaban J connectivity index is 3.34. The standard InChI is InChI=1S/C78H151NO5/c1-3-5-7-9-11-13-15-17-19-21-39-42-46-50-54-58-62-66-70-76(81)75(74-80)79-77(82)71-67-63-59-55-51-47-43-40-36-34-32-30-28-26-24-22-23-25-27-29-31-33-35-37-41-45-49-53-57-61-65-69-73-84-78(83)72-68-64-60-56-52-48-44-38-20-18-16-14-12-10-8-6-4-2/h18,20,25,27,75-76,80-81H,3-17,19,21-24,26,28-74H2,1-2H3,(H,79,82)/b20-18-,27-25-. The van der Waals surface area contributed by atoms with Crippen LogP contribution in [-0.2, 0) is 14.3 Å². The normalized spacial score (nSPS) is 12.6. The van der Waals surface area contributed by atoms with Gasteiger partial charge in [0.2, 0.25) is 5.91 Å². The molecular weight excluding hydrogens is 1030 g/mol. The number of amides is 1. The van der Waals surface area contributed by atoms with Crippen LogP contribution in [0.15, 0.2) is 24.3 Å². The molecule has 0 aromatic heterocycles. The van der Waals surface area contributed by atoms with Gasteiger partial charge in [-0.1, -0.05) is 372 Å². The van der Waals surface area contributed by atoms with Crippen LogP contribution in [0.2, 0.25) is 0 Å². The molecular formula is C78H151NO5. The second kappa shape index (κ2) is 73.8. The summed E-state index contributed by atoms with van der Waals surface area (Å²) < 4.78 is 5.51. The molecule has 6 nitrogen and oxygen atoms in total. The highest BCUT2D eigenvalue weighted by Crippen LogP contribution is 2.20. The van der Waals surface area contributed by atoms with E-state index in [4.69, 9.17) is 4.74 Å². The first-order valence-electron chi connectivity index (χ1n) is 38.6. The van der Waals surface area contributed by atoms with Crippen molar-refractivity contribution in [2.45, 2.75) is 450 Å². The van der Waals surface area contributed by atoms with Crippen LogP contribution in [0.3, 0.4) is 0 Å². The number of ether oxygens (including phenoxy) is 1. The van der Waals surface area contributed by atoms with Crippen LogP contribution in [0, 0.1) is 0 Å². The topological polar surface area (TPSA) is 95.9 Å². The zero-order valence-electron chi connectivity index (χ0n) is 57.2. The van der Waals surface area contributed by atoms with Crippen LogP contribution in [0.4, 0.5) is 0 Å². The Morgan fingerprint density at radius 1 is 0.321 bits per heavy atom. The number of esters is 1. The Labute approximate surface area is 526 Å². The van der Waals surface area contributed by atoms with Gasteiger partial charge in [-0.15, -0.1) is 0 Å². The first kappa shape index (κ1) is 82.3. The Morgan fingerprint density at radius 3 is 0.845 bits per heavy atom. The number of allylic oxidation sites excluding steroid dienone is 4. The van der Waals surface area contributed by atoms with Gasteiger partial charge in [0.1, 0.15) is 0 Å². The fourth-order valence-electron chi connectivity index (χ4n) is 12.3. The molecule has 84 heavy (non-hydrogen) atoms. The maximum absolute atomic E-state index is 12.5. The third kappa shape index (κ3) is 69.4. The molecule has 0 bridgehead atoms. The van der Waals surface area contributed by atoms with Crippen LogP contribution in [0.25, 0.3) is 0 Å². The van der Waals surface area contributed by atoms with Crippen molar-refractivity contribution in [3.05, 3.63) is 24.3 Å². The van der Waals surface area contributed by atoms with Crippen molar-refractivity contribution in [1.82, 2.24) is 5.32 Å². The van der Waals surface area contributed by atoms with Crippen molar-refractivity contribution in [3.63, 3.8) is 0 Å². The molecule has 2 unspecified atom stereocenters. The average molecular weight is 1180 g/mol. The molecule has 498 valence electrons. The molecule has 0 saturated heterocycles. The Hall–Kier alpha value is -1.66. The van der Waals surface area contributed by atoms with Crippen molar-refractivity contribution in [1.29, 1.82) is 0 Å². The van der Waals surface area contributed by atoms with Crippen molar-refractivity contribution < 1.29 is 24.5 Å². The van der Waals surface area contributed by atoms with Crippen molar-refractivity contribution in [2.75, 3.05) is 13.2 Å². The summed E-state index contributed by atoms with van der Waals surface area (Å²) in [5.74, 6) is -0.0122. The monoisotopic (exact) mass is 1180 g/mol. The highest BCUT2D eigenvalue weighted by atomic mass is 16.5. The molecule has 0 aliphatic carbocycles. The summed E-state index contributed by atoms with van der Waals surface area (Å²) in [6.07, 6.45) is 94.0. The second-order valence-electron chi connectivity index (χ2n) is 26.7. The minimum Gasteiger partial charge on any atom is -0.466 e. The third-order valence-corrected chi connectivity index (χ3v) is 18.2. The number of aliphatic hydroxyl groups excluding tert-OH is 2. The Kier molecular flexibility index (Phi) is 72.3. The highest BCUT2D eigenvalue weighted by Gasteiger charge is 2.20. The summed E-state index contributed by atoms with van der Waals surface area (Å²) in [7, 11) is 0. The molecule has 0 spiro atoms. The summed E-state index contributed by atoms with van der Waals surface area (Å²) in [5.41, 5.74) is 0. The van der Waals surface area contributed by atoms with E-state index in [1.54, 1.807) is 0 Å². The maximum Gasteiger partial charge on any atom is 0.305 e. The van der Waals surface area contributed by atoms with Gasteiger partial charge >= 0.3 is 5.97 Å². The van der Waals surface area contributed by atoms with Crippen LogP contribution < -0.4 is 5.32 Å². The fraction of sp³-hybridized carbons (Fsp3) is 0.923. The van der Waals surface area contributed by atoms with Gasteiger partial charge in [0.15, 0.2) is 0 Å². The minimum atomic E-state index is -0.663. The maximum atomic E-state index is 12.5. The average Bonchev–Trinajstić information content (AvgIpc) is 3.51. The lowest BCUT2D eigenvalue weighted by Crippen LogP contribution is -2.45. The molecule has 0 radical (unpaired) electrons. The van der Waals surface area contributed by atoms with Gasteiger partial charge < -0.3 is 20.3 Å². The summed E-state index contributed by atoms with van der Waals surface area (Å²) in [5, 5.41) is 23.4.